The molecule has 0 spiro atoms. The van der Waals surface area contributed by atoms with Crippen LogP contribution in [0.4, 0.5) is 0 Å². The van der Waals surface area contributed by atoms with Crippen molar-refractivity contribution in [2.75, 3.05) is 14.1 Å². The van der Waals surface area contributed by atoms with Gasteiger partial charge in [0, 0.05) is 6.04 Å². The van der Waals surface area contributed by atoms with Gasteiger partial charge in [-0.05, 0) is 39.8 Å². The summed E-state index contributed by atoms with van der Waals surface area (Å²) in [6.45, 7) is 6.30. The van der Waals surface area contributed by atoms with Gasteiger partial charge >= 0.3 is 0 Å². The fourth-order valence-corrected chi connectivity index (χ4v) is 1.46. The second-order valence-electron chi connectivity index (χ2n) is 4.33. The lowest BCUT2D eigenvalue weighted by atomic mass is 9.98. The predicted octanol–water partition coefficient (Wildman–Crippen LogP) is 1.73. The van der Waals surface area contributed by atoms with Crippen molar-refractivity contribution in [3.05, 3.63) is 0 Å². The molecule has 0 aromatic rings. The molecule has 74 valence electrons. The largest absolute Gasteiger partial charge is 0.393 e. The van der Waals surface area contributed by atoms with Gasteiger partial charge in [0.25, 0.3) is 0 Å². The first kappa shape index (κ1) is 11.9. The van der Waals surface area contributed by atoms with Crippen LogP contribution in [0.25, 0.3) is 0 Å². The molecule has 1 unspecified atom stereocenters. The van der Waals surface area contributed by atoms with Crippen molar-refractivity contribution in [2.24, 2.45) is 5.92 Å². The van der Waals surface area contributed by atoms with E-state index in [4.69, 9.17) is 0 Å². The normalized spacial score (nSPS) is 17.0. The highest BCUT2D eigenvalue weighted by Gasteiger charge is 2.14. The van der Waals surface area contributed by atoms with Crippen LogP contribution in [-0.4, -0.2) is 36.2 Å². The van der Waals surface area contributed by atoms with Crippen molar-refractivity contribution in [1.29, 1.82) is 0 Å². The molecule has 0 aromatic carbocycles. The summed E-state index contributed by atoms with van der Waals surface area (Å²) in [5.74, 6) is 0.705. The zero-order valence-electron chi connectivity index (χ0n) is 9.04. The SMILES string of the molecule is CC(C)C[C@@H](CC(C)O)N(C)C. The molecule has 0 aliphatic rings. The second kappa shape index (κ2) is 5.55. The molecule has 0 saturated heterocycles. The third kappa shape index (κ3) is 5.56. The zero-order chi connectivity index (χ0) is 9.72. The van der Waals surface area contributed by atoms with Crippen LogP contribution in [0.1, 0.15) is 33.6 Å². The quantitative estimate of drug-likeness (QED) is 0.684. The maximum absolute atomic E-state index is 9.26. The van der Waals surface area contributed by atoms with Crippen molar-refractivity contribution in [1.82, 2.24) is 4.90 Å². The average Bonchev–Trinajstić information content (AvgIpc) is 1.83. The van der Waals surface area contributed by atoms with E-state index in [0.717, 1.165) is 12.8 Å². The smallest absolute Gasteiger partial charge is 0.0527 e. The number of hydrogen-bond acceptors (Lipinski definition) is 2. The van der Waals surface area contributed by atoms with E-state index in [1.165, 1.54) is 0 Å². The molecule has 0 aliphatic heterocycles. The molecule has 0 aliphatic carbocycles. The first-order valence-corrected chi connectivity index (χ1v) is 4.78. The average molecular weight is 173 g/mol. The van der Waals surface area contributed by atoms with Gasteiger partial charge in [0.1, 0.15) is 0 Å². The Morgan fingerprint density at radius 2 is 1.58 bits per heavy atom. The molecule has 0 aromatic heterocycles. The molecule has 2 atom stereocenters. The Kier molecular flexibility index (Phi) is 5.51. The highest BCUT2D eigenvalue weighted by molar-refractivity contribution is 4.70. The summed E-state index contributed by atoms with van der Waals surface area (Å²) in [4.78, 5) is 2.20. The van der Waals surface area contributed by atoms with Gasteiger partial charge in [-0.1, -0.05) is 13.8 Å². The van der Waals surface area contributed by atoms with E-state index in [1.807, 2.05) is 6.92 Å². The van der Waals surface area contributed by atoms with Gasteiger partial charge in [-0.15, -0.1) is 0 Å². The Bertz CT molecular complexity index is 100. The van der Waals surface area contributed by atoms with Crippen LogP contribution in [0.5, 0.6) is 0 Å². The van der Waals surface area contributed by atoms with Crippen LogP contribution in [0, 0.1) is 5.92 Å². The number of nitrogens with zero attached hydrogens (tertiary/aromatic N) is 1. The van der Waals surface area contributed by atoms with Crippen LogP contribution in [0.15, 0.2) is 0 Å². The number of hydrogen-bond donors (Lipinski definition) is 1. The van der Waals surface area contributed by atoms with Crippen LogP contribution >= 0.6 is 0 Å². The van der Waals surface area contributed by atoms with E-state index in [1.54, 1.807) is 0 Å². The zero-order valence-corrected chi connectivity index (χ0v) is 9.04. The minimum atomic E-state index is -0.184. The van der Waals surface area contributed by atoms with Gasteiger partial charge < -0.3 is 10.0 Å². The minimum Gasteiger partial charge on any atom is -0.393 e. The maximum atomic E-state index is 9.26. The van der Waals surface area contributed by atoms with Crippen LogP contribution in [-0.2, 0) is 0 Å². The van der Waals surface area contributed by atoms with Crippen LogP contribution in [0.3, 0.4) is 0 Å². The van der Waals surface area contributed by atoms with Crippen LogP contribution < -0.4 is 0 Å². The van der Waals surface area contributed by atoms with Crippen LogP contribution in [0.2, 0.25) is 0 Å². The summed E-state index contributed by atoms with van der Waals surface area (Å²) in [5, 5.41) is 9.26. The van der Waals surface area contributed by atoms with E-state index in [9.17, 15) is 5.11 Å². The fraction of sp³-hybridized carbons (Fsp3) is 1.00. The lowest BCUT2D eigenvalue weighted by molar-refractivity contribution is 0.128. The van der Waals surface area contributed by atoms with Gasteiger partial charge in [-0.25, -0.2) is 0 Å². The Labute approximate surface area is 76.6 Å². The molecular weight excluding hydrogens is 150 g/mol. The molecule has 2 heteroatoms. The van der Waals surface area contributed by atoms with Gasteiger partial charge in [-0.2, -0.15) is 0 Å². The molecule has 0 radical (unpaired) electrons. The van der Waals surface area contributed by atoms with Crippen molar-refractivity contribution in [3.8, 4) is 0 Å². The van der Waals surface area contributed by atoms with Crippen molar-refractivity contribution >= 4 is 0 Å². The summed E-state index contributed by atoms with van der Waals surface area (Å²) in [6, 6.07) is 0.519. The predicted molar refractivity (Wildman–Crippen MR) is 53.2 cm³/mol. The second-order valence-corrected chi connectivity index (χ2v) is 4.33. The van der Waals surface area contributed by atoms with E-state index >= 15 is 0 Å². The molecule has 12 heavy (non-hydrogen) atoms. The lowest BCUT2D eigenvalue weighted by Gasteiger charge is -2.26. The van der Waals surface area contributed by atoms with Gasteiger partial charge in [-0.3, -0.25) is 0 Å². The van der Waals surface area contributed by atoms with E-state index in [2.05, 4.69) is 32.8 Å². The van der Waals surface area contributed by atoms with E-state index < -0.39 is 0 Å². The molecule has 0 amide bonds. The Balaban J connectivity index is 3.87. The highest BCUT2D eigenvalue weighted by Crippen LogP contribution is 2.13. The number of aliphatic hydroxyl groups is 1. The molecule has 2 nitrogen and oxygen atoms in total. The van der Waals surface area contributed by atoms with Gasteiger partial charge in [0.15, 0.2) is 0 Å². The van der Waals surface area contributed by atoms with E-state index in [-0.39, 0.29) is 6.10 Å². The topological polar surface area (TPSA) is 23.5 Å². The molecule has 0 rings (SSSR count). The molecule has 1 N–H and O–H groups in total. The molecule has 0 bridgehead atoms. The first-order chi connectivity index (χ1) is 5.43. The fourth-order valence-electron chi connectivity index (χ4n) is 1.46. The first-order valence-electron chi connectivity index (χ1n) is 4.78. The minimum absolute atomic E-state index is 0.184. The van der Waals surface area contributed by atoms with Gasteiger partial charge in [0.05, 0.1) is 6.10 Å². The third-order valence-corrected chi connectivity index (χ3v) is 2.09. The number of aliphatic hydroxyl groups excluding tert-OH is 1. The molecule has 0 saturated carbocycles. The number of rotatable bonds is 5. The summed E-state index contributed by atoms with van der Waals surface area (Å²) in [7, 11) is 4.16. The lowest BCUT2D eigenvalue weighted by Crippen LogP contribution is -2.32. The maximum Gasteiger partial charge on any atom is 0.0527 e. The Hall–Kier alpha value is -0.0800. The van der Waals surface area contributed by atoms with E-state index in [0.29, 0.717) is 12.0 Å². The molecule has 0 fully saturated rings. The van der Waals surface area contributed by atoms with Crippen molar-refractivity contribution in [2.45, 2.75) is 45.8 Å². The summed E-state index contributed by atoms with van der Waals surface area (Å²) in [5.41, 5.74) is 0. The summed E-state index contributed by atoms with van der Waals surface area (Å²) >= 11 is 0. The molecular formula is C10H23NO. The summed E-state index contributed by atoms with van der Waals surface area (Å²) in [6.07, 6.45) is 1.86. The molecule has 0 heterocycles. The third-order valence-electron chi connectivity index (χ3n) is 2.09. The summed E-state index contributed by atoms with van der Waals surface area (Å²) < 4.78 is 0. The van der Waals surface area contributed by atoms with Crippen molar-refractivity contribution < 1.29 is 5.11 Å². The standard InChI is InChI=1S/C10H23NO/c1-8(2)6-10(11(4)5)7-9(3)12/h8-10,12H,6-7H2,1-5H3/t9?,10-/m0/s1. The highest BCUT2D eigenvalue weighted by atomic mass is 16.3. The van der Waals surface area contributed by atoms with Gasteiger partial charge in [0.2, 0.25) is 0 Å². The monoisotopic (exact) mass is 173 g/mol. The Morgan fingerprint density at radius 3 is 1.83 bits per heavy atom. The van der Waals surface area contributed by atoms with Crippen molar-refractivity contribution in [3.63, 3.8) is 0 Å². The Morgan fingerprint density at radius 1 is 1.08 bits per heavy atom.